The van der Waals surface area contributed by atoms with Crippen molar-refractivity contribution in [3.63, 3.8) is 0 Å². The molecular formula is C28H36N8O3S. The van der Waals surface area contributed by atoms with Crippen molar-refractivity contribution in [3.8, 4) is 11.4 Å². The first kappa shape index (κ1) is 26.5. The standard InChI is InChI=1S/C28H36N8O3S/c1-28(2,3)39-27(38)36-13-11-35(12-14-36)20-16-40-26-21(20)23(29)22(25(37)32-26)24-30-18-6-5-17(15-19(18)31-24)34-9-7-33(4)8-10-34/h5-6,15-16H,7-14H2,1-4H3,(H,30,31)(H3,29,32,37). The number of anilines is 3. The predicted molar refractivity (Wildman–Crippen MR) is 162 cm³/mol. The monoisotopic (exact) mass is 564 g/mol. The van der Waals surface area contributed by atoms with Gasteiger partial charge in [0.2, 0.25) is 0 Å². The molecule has 0 radical (unpaired) electrons. The summed E-state index contributed by atoms with van der Waals surface area (Å²) in [6.07, 6.45) is -0.297. The Morgan fingerprint density at radius 2 is 1.73 bits per heavy atom. The van der Waals surface area contributed by atoms with Crippen molar-refractivity contribution >= 4 is 55.7 Å². The van der Waals surface area contributed by atoms with Crippen molar-refractivity contribution in [1.29, 1.82) is 0 Å². The van der Waals surface area contributed by atoms with Crippen molar-refractivity contribution in [2.45, 2.75) is 26.4 Å². The number of carbonyl (C=O) groups is 1. The van der Waals surface area contributed by atoms with Gasteiger partial charge in [-0.2, -0.15) is 0 Å². The molecular weight excluding hydrogens is 528 g/mol. The molecule has 5 heterocycles. The highest BCUT2D eigenvalue weighted by molar-refractivity contribution is 7.17. The number of amides is 1. The summed E-state index contributed by atoms with van der Waals surface area (Å²) in [6.45, 7) is 12.0. The third-order valence-electron chi connectivity index (χ3n) is 7.61. The van der Waals surface area contributed by atoms with Crippen LogP contribution in [0.5, 0.6) is 0 Å². The fourth-order valence-corrected chi connectivity index (χ4v) is 6.40. The van der Waals surface area contributed by atoms with Crippen LogP contribution in [0.3, 0.4) is 0 Å². The average Bonchev–Trinajstić information content (AvgIpc) is 3.52. The van der Waals surface area contributed by atoms with Crippen LogP contribution < -0.4 is 21.1 Å². The van der Waals surface area contributed by atoms with Gasteiger partial charge in [0, 0.05) is 63.4 Å². The Bertz CT molecular complexity index is 1620. The number of H-pyrrole nitrogens is 2. The number of thiophene rings is 1. The number of rotatable bonds is 3. The second-order valence-corrected chi connectivity index (χ2v) is 12.5. The second kappa shape index (κ2) is 10.0. The van der Waals surface area contributed by atoms with Gasteiger partial charge >= 0.3 is 6.09 Å². The van der Waals surface area contributed by atoms with E-state index >= 15 is 0 Å². The first-order valence-corrected chi connectivity index (χ1v) is 14.5. The molecule has 0 spiro atoms. The Morgan fingerprint density at radius 1 is 1.02 bits per heavy atom. The van der Waals surface area contributed by atoms with E-state index in [-0.39, 0.29) is 11.7 Å². The van der Waals surface area contributed by atoms with Crippen LogP contribution in [0.2, 0.25) is 0 Å². The van der Waals surface area contributed by atoms with Crippen molar-refractivity contribution in [1.82, 2.24) is 24.8 Å². The van der Waals surface area contributed by atoms with E-state index in [9.17, 15) is 9.59 Å². The zero-order valence-corrected chi connectivity index (χ0v) is 24.2. The van der Waals surface area contributed by atoms with Crippen molar-refractivity contribution < 1.29 is 9.53 Å². The first-order chi connectivity index (χ1) is 19.1. The van der Waals surface area contributed by atoms with Crippen LogP contribution >= 0.6 is 11.3 Å². The molecule has 0 atom stereocenters. The van der Waals surface area contributed by atoms with Crippen LogP contribution in [0.25, 0.3) is 32.6 Å². The van der Waals surface area contributed by atoms with E-state index in [1.165, 1.54) is 11.3 Å². The number of ether oxygens (including phenoxy) is 1. The van der Waals surface area contributed by atoms with Crippen molar-refractivity contribution in [2.75, 3.05) is 74.9 Å². The van der Waals surface area contributed by atoms with Crippen LogP contribution in [0.15, 0.2) is 28.4 Å². The highest BCUT2D eigenvalue weighted by Gasteiger charge is 2.28. The van der Waals surface area contributed by atoms with Gasteiger partial charge in [0.25, 0.3) is 5.56 Å². The number of imidazole rings is 1. The van der Waals surface area contributed by atoms with E-state index in [2.05, 4.69) is 43.8 Å². The second-order valence-electron chi connectivity index (χ2n) is 11.6. The third kappa shape index (κ3) is 4.97. The molecule has 2 aliphatic heterocycles. The third-order valence-corrected chi connectivity index (χ3v) is 8.49. The molecule has 40 heavy (non-hydrogen) atoms. The number of nitrogens with two attached hydrogens (primary N) is 1. The number of nitrogens with zero attached hydrogens (tertiary/aromatic N) is 5. The minimum Gasteiger partial charge on any atom is -0.444 e. The number of pyridine rings is 1. The maximum Gasteiger partial charge on any atom is 0.410 e. The smallest absolute Gasteiger partial charge is 0.410 e. The summed E-state index contributed by atoms with van der Waals surface area (Å²) < 4.78 is 5.54. The van der Waals surface area contributed by atoms with Gasteiger partial charge in [-0.1, -0.05) is 0 Å². The normalized spacial score (nSPS) is 17.2. The number of hydrogen-bond acceptors (Lipinski definition) is 9. The Hall–Kier alpha value is -3.77. The molecule has 4 N–H and O–H groups in total. The van der Waals surface area contributed by atoms with Gasteiger partial charge in [-0.3, -0.25) is 4.79 Å². The van der Waals surface area contributed by atoms with E-state index in [4.69, 9.17) is 15.5 Å². The number of nitrogen functional groups attached to an aromatic ring is 1. The zero-order valence-electron chi connectivity index (χ0n) is 23.4. The number of likely N-dealkylation sites (N-methyl/N-ethyl adjacent to an activating group) is 1. The summed E-state index contributed by atoms with van der Waals surface area (Å²) in [5.41, 5.74) is 10.4. The molecule has 1 amide bonds. The Balaban J connectivity index is 1.28. The molecule has 1 aromatic carbocycles. The van der Waals surface area contributed by atoms with E-state index < -0.39 is 5.60 Å². The molecule has 212 valence electrons. The number of fused-ring (bicyclic) bond motifs is 2. The summed E-state index contributed by atoms with van der Waals surface area (Å²) >= 11 is 1.46. The van der Waals surface area contributed by atoms with Crippen molar-refractivity contribution in [3.05, 3.63) is 33.9 Å². The lowest BCUT2D eigenvalue weighted by atomic mass is 10.1. The van der Waals surface area contributed by atoms with Crippen LogP contribution in [0.1, 0.15) is 20.8 Å². The van der Waals surface area contributed by atoms with Crippen LogP contribution in [0.4, 0.5) is 21.9 Å². The lowest BCUT2D eigenvalue weighted by Crippen LogP contribution is -2.50. The predicted octanol–water partition coefficient (Wildman–Crippen LogP) is 3.52. The molecule has 11 nitrogen and oxygen atoms in total. The highest BCUT2D eigenvalue weighted by atomic mass is 32.1. The fourth-order valence-electron chi connectivity index (χ4n) is 5.42. The van der Waals surface area contributed by atoms with E-state index in [0.29, 0.717) is 43.3 Å². The molecule has 2 saturated heterocycles. The summed E-state index contributed by atoms with van der Waals surface area (Å²) in [5, 5.41) is 2.83. The molecule has 2 aliphatic rings. The summed E-state index contributed by atoms with van der Waals surface area (Å²) in [5.74, 6) is 0.457. The number of piperazine rings is 2. The lowest BCUT2D eigenvalue weighted by molar-refractivity contribution is 0.0240. The van der Waals surface area contributed by atoms with Crippen LogP contribution in [0, 0.1) is 0 Å². The van der Waals surface area contributed by atoms with Gasteiger partial charge in [0.1, 0.15) is 21.8 Å². The average molecular weight is 565 g/mol. The SMILES string of the molecule is CN1CCN(c2ccc3nc(-c4c(N)c5c(N6CCN(C(=O)OC(C)(C)C)CC6)csc5[nH]c4=O)[nH]c3c2)CC1. The van der Waals surface area contributed by atoms with Gasteiger partial charge in [-0.15, -0.1) is 11.3 Å². The largest absolute Gasteiger partial charge is 0.444 e. The quantitative estimate of drug-likeness (QED) is 0.345. The summed E-state index contributed by atoms with van der Waals surface area (Å²) in [7, 11) is 2.14. The van der Waals surface area contributed by atoms with Gasteiger partial charge in [-0.05, 0) is 46.0 Å². The molecule has 0 aliphatic carbocycles. The molecule has 6 rings (SSSR count). The molecule has 0 unspecified atom stereocenters. The molecule has 0 saturated carbocycles. The molecule has 12 heteroatoms. The molecule has 3 aromatic heterocycles. The zero-order chi connectivity index (χ0) is 28.2. The number of benzene rings is 1. The van der Waals surface area contributed by atoms with Crippen molar-refractivity contribution in [2.24, 2.45) is 0 Å². The highest BCUT2D eigenvalue weighted by Crippen LogP contribution is 2.39. The van der Waals surface area contributed by atoms with E-state index in [1.807, 2.05) is 32.2 Å². The van der Waals surface area contributed by atoms with E-state index in [1.54, 1.807) is 4.90 Å². The molecule has 4 aromatic rings. The minimum absolute atomic E-state index is 0.272. The Morgan fingerprint density at radius 3 is 2.42 bits per heavy atom. The van der Waals surface area contributed by atoms with E-state index in [0.717, 1.165) is 58.8 Å². The lowest BCUT2D eigenvalue weighted by Gasteiger charge is -2.36. The van der Waals surface area contributed by atoms with Crippen LogP contribution in [-0.2, 0) is 4.74 Å². The summed E-state index contributed by atoms with van der Waals surface area (Å²) in [6, 6.07) is 6.18. The van der Waals surface area contributed by atoms with Gasteiger partial charge in [0.15, 0.2) is 0 Å². The number of nitrogens with one attached hydrogen (secondary N) is 2. The topological polar surface area (TPSA) is 127 Å². The summed E-state index contributed by atoms with van der Waals surface area (Å²) in [4.78, 5) is 46.2. The maximum atomic E-state index is 13.2. The maximum absolute atomic E-state index is 13.2. The Kier molecular flexibility index (Phi) is 6.62. The van der Waals surface area contributed by atoms with Gasteiger partial charge in [-0.25, -0.2) is 9.78 Å². The number of aromatic nitrogens is 3. The number of hydrogen-bond donors (Lipinski definition) is 3. The number of aromatic amines is 2. The Labute approximate surface area is 236 Å². The van der Waals surface area contributed by atoms with Crippen LogP contribution in [-0.4, -0.2) is 95.9 Å². The number of carbonyl (C=O) groups excluding carboxylic acids is 1. The molecule has 2 fully saturated rings. The van der Waals surface area contributed by atoms with Gasteiger partial charge < -0.3 is 40.0 Å². The fraction of sp³-hybridized carbons (Fsp3) is 0.464. The minimum atomic E-state index is -0.530. The molecule has 0 bridgehead atoms. The van der Waals surface area contributed by atoms with Gasteiger partial charge in [0.05, 0.1) is 27.8 Å². The first-order valence-electron chi connectivity index (χ1n) is 13.7.